The van der Waals surface area contributed by atoms with E-state index in [2.05, 4.69) is 0 Å². The maximum atomic E-state index is 10.0. The predicted molar refractivity (Wildman–Crippen MR) is 56.0 cm³/mol. The molecule has 2 rings (SSSR count). The molecular formula is C12H20FeO2. The van der Waals surface area contributed by atoms with Gasteiger partial charge in [0.15, 0.2) is 0 Å². The van der Waals surface area contributed by atoms with Crippen molar-refractivity contribution in [3.8, 4) is 0 Å². The van der Waals surface area contributed by atoms with Gasteiger partial charge in [0.25, 0.3) is 0 Å². The van der Waals surface area contributed by atoms with Crippen molar-refractivity contribution in [3.05, 3.63) is 0 Å². The van der Waals surface area contributed by atoms with Crippen LogP contribution >= 0.6 is 0 Å². The standard InChI is InChI=1S/2C6H10O.Fe/c2*7-5-6-3-1-2-4-6;/h2*5-6H,1-4H2;. The molecule has 2 aliphatic rings. The van der Waals surface area contributed by atoms with Gasteiger partial charge in [0.2, 0.25) is 0 Å². The van der Waals surface area contributed by atoms with Crippen molar-refractivity contribution in [1.29, 1.82) is 0 Å². The summed E-state index contributed by atoms with van der Waals surface area (Å²) < 4.78 is 0. The van der Waals surface area contributed by atoms with Crippen LogP contribution in [-0.4, -0.2) is 12.6 Å². The van der Waals surface area contributed by atoms with Gasteiger partial charge < -0.3 is 9.59 Å². The topological polar surface area (TPSA) is 34.1 Å². The number of hydrogen-bond acceptors (Lipinski definition) is 2. The fourth-order valence-corrected chi connectivity index (χ4v) is 2.19. The van der Waals surface area contributed by atoms with Crippen molar-refractivity contribution in [2.75, 3.05) is 0 Å². The summed E-state index contributed by atoms with van der Waals surface area (Å²) >= 11 is 0. The molecule has 0 unspecified atom stereocenters. The van der Waals surface area contributed by atoms with Crippen molar-refractivity contribution in [2.24, 2.45) is 11.8 Å². The molecule has 0 bridgehead atoms. The van der Waals surface area contributed by atoms with Crippen LogP contribution in [0.15, 0.2) is 0 Å². The van der Waals surface area contributed by atoms with E-state index in [-0.39, 0.29) is 17.1 Å². The van der Waals surface area contributed by atoms with Gasteiger partial charge in [-0.2, -0.15) is 0 Å². The van der Waals surface area contributed by atoms with Gasteiger partial charge in [0, 0.05) is 28.9 Å². The monoisotopic (exact) mass is 252 g/mol. The van der Waals surface area contributed by atoms with E-state index in [4.69, 9.17) is 0 Å². The summed E-state index contributed by atoms with van der Waals surface area (Å²) in [7, 11) is 0. The van der Waals surface area contributed by atoms with Crippen LogP contribution in [0, 0.1) is 11.8 Å². The second-order valence-corrected chi connectivity index (χ2v) is 4.36. The quantitative estimate of drug-likeness (QED) is 0.559. The first kappa shape index (κ1) is 14.9. The molecule has 2 fully saturated rings. The number of hydrogen-bond donors (Lipinski definition) is 0. The van der Waals surface area contributed by atoms with E-state index in [1.165, 1.54) is 25.7 Å². The Hall–Kier alpha value is -0.141. The van der Waals surface area contributed by atoms with E-state index in [9.17, 15) is 9.59 Å². The third-order valence-corrected chi connectivity index (χ3v) is 3.18. The minimum absolute atomic E-state index is 0. The molecule has 0 radical (unpaired) electrons. The number of aldehydes is 2. The van der Waals surface area contributed by atoms with E-state index >= 15 is 0 Å². The fraction of sp³-hybridized carbons (Fsp3) is 0.833. The zero-order valence-electron chi connectivity index (χ0n) is 9.14. The fourth-order valence-electron chi connectivity index (χ4n) is 2.19. The summed E-state index contributed by atoms with van der Waals surface area (Å²) in [6, 6.07) is 0. The first-order chi connectivity index (χ1) is 6.86. The molecule has 0 atom stereocenters. The van der Waals surface area contributed by atoms with Crippen molar-refractivity contribution >= 4 is 12.6 Å². The van der Waals surface area contributed by atoms with Crippen molar-refractivity contribution in [3.63, 3.8) is 0 Å². The van der Waals surface area contributed by atoms with E-state index in [0.29, 0.717) is 11.8 Å². The summed E-state index contributed by atoms with van der Waals surface area (Å²) in [4.78, 5) is 20.0. The van der Waals surface area contributed by atoms with Gasteiger partial charge in [-0.1, -0.05) is 25.7 Å². The van der Waals surface area contributed by atoms with Gasteiger partial charge in [-0.25, -0.2) is 0 Å². The Labute approximate surface area is 103 Å². The number of carbonyl (C=O) groups excluding carboxylic acids is 2. The van der Waals surface area contributed by atoms with Crippen LogP contribution in [-0.2, 0) is 26.7 Å². The minimum atomic E-state index is 0. The molecule has 0 aromatic rings. The Morgan fingerprint density at radius 3 is 1.07 bits per heavy atom. The molecule has 88 valence electrons. The first-order valence-electron chi connectivity index (χ1n) is 5.77. The molecular weight excluding hydrogens is 232 g/mol. The largest absolute Gasteiger partial charge is 0.303 e. The third-order valence-electron chi connectivity index (χ3n) is 3.18. The van der Waals surface area contributed by atoms with Crippen LogP contribution in [0.25, 0.3) is 0 Å². The molecule has 2 saturated carbocycles. The van der Waals surface area contributed by atoms with E-state index in [1.807, 2.05) is 0 Å². The summed E-state index contributed by atoms with van der Waals surface area (Å²) in [6.07, 6.45) is 11.8. The normalized spacial score (nSPS) is 21.3. The molecule has 2 nitrogen and oxygen atoms in total. The molecule has 0 spiro atoms. The van der Waals surface area contributed by atoms with E-state index in [0.717, 1.165) is 38.3 Å². The molecule has 0 aromatic heterocycles. The van der Waals surface area contributed by atoms with Crippen molar-refractivity contribution in [1.82, 2.24) is 0 Å². The summed E-state index contributed by atoms with van der Waals surface area (Å²) in [6.45, 7) is 0. The zero-order valence-corrected chi connectivity index (χ0v) is 10.2. The predicted octanol–water partition coefficient (Wildman–Crippen LogP) is 2.75. The Morgan fingerprint density at radius 1 is 0.667 bits per heavy atom. The molecule has 2 aliphatic carbocycles. The molecule has 0 aromatic carbocycles. The van der Waals surface area contributed by atoms with Crippen molar-refractivity contribution < 1.29 is 26.7 Å². The van der Waals surface area contributed by atoms with Crippen LogP contribution in [0.3, 0.4) is 0 Å². The van der Waals surface area contributed by atoms with Crippen LogP contribution in [0.1, 0.15) is 51.4 Å². The van der Waals surface area contributed by atoms with Crippen LogP contribution in [0.2, 0.25) is 0 Å². The van der Waals surface area contributed by atoms with Gasteiger partial charge in [-0.05, 0) is 25.7 Å². The average molecular weight is 252 g/mol. The smallest absolute Gasteiger partial charge is 0.123 e. The minimum Gasteiger partial charge on any atom is -0.303 e. The maximum Gasteiger partial charge on any atom is 0.123 e. The summed E-state index contributed by atoms with van der Waals surface area (Å²) in [5, 5.41) is 0. The SMILES string of the molecule is O=CC1CCCC1.O=CC1CCCC1.[Fe]. The maximum absolute atomic E-state index is 10.0. The molecule has 0 heterocycles. The molecule has 0 aliphatic heterocycles. The van der Waals surface area contributed by atoms with Gasteiger partial charge in [0.05, 0.1) is 0 Å². The van der Waals surface area contributed by atoms with Gasteiger partial charge >= 0.3 is 0 Å². The summed E-state index contributed by atoms with van der Waals surface area (Å²) in [5.41, 5.74) is 0. The second-order valence-electron chi connectivity index (χ2n) is 4.36. The average Bonchev–Trinajstić information content (AvgIpc) is 2.92. The van der Waals surface area contributed by atoms with Crippen LogP contribution in [0.5, 0.6) is 0 Å². The molecule has 0 N–H and O–H groups in total. The van der Waals surface area contributed by atoms with Crippen molar-refractivity contribution in [2.45, 2.75) is 51.4 Å². The van der Waals surface area contributed by atoms with Gasteiger partial charge in [-0.15, -0.1) is 0 Å². The zero-order chi connectivity index (χ0) is 10.2. The van der Waals surface area contributed by atoms with Crippen LogP contribution < -0.4 is 0 Å². The first-order valence-corrected chi connectivity index (χ1v) is 5.77. The Bertz CT molecular complexity index is 150. The number of carbonyl (C=O) groups is 2. The van der Waals surface area contributed by atoms with Gasteiger partial charge in [-0.3, -0.25) is 0 Å². The van der Waals surface area contributed by atoms with E-state index < -0.39 is 0 Å². The van der Waals surface area contributed by atoms with E-state index in [1.54, 1.807) is 0 Å². The third kappa shape index (κ3) is 6.11. The molecule has 0 saturated heterocycles. The van der Waals surface area contributed by atoms with Crippen LogP contribution in [0.4, 0.5) is 0 Å². The Morgan fingerprint density at radius 2 is 0.933 bits per heavy atom. The van der Waals surface area contributed by atoms with Gasteiger partial charge in [0.1, 0.15) is 12.6 Å². The molecule has 0 amide bonds. The number of rotatable bonds is 2. The molecule has 3 heteroatoms. The second kappa shape index (κ2) is 9.11. The molecule has 15 heavy (non-hydrogen) atoms. The summed E-state index contributed by atoms with van der Waals surface area (Å²) in [5.74, 6) is 0.833. The Balaban J connectivity index is 0.000000245. The Kier molecular flexibility index (Phi) is 9.03.